The van der Waals surface area contributed by atoms with Gasteiger partial charge in [0.25, 0.3) is 0 Å². The highest BCUT2D eigenvalue weighted by atomic mass is 16.3. The number of hydrogen-bond donors (Lipinski definition) is 2. The van der Waals surface area contributed by atoms with Crippen molar-refractivity contribution in [3.8, 4) is 0 Å². The molecule has 0 radical (unpaired) electrons. The van der Waals surface area contributed by atoms with Crippen LogP contribution < -0.4 is 5.73 Å². The zero-order chi connectivity index (χ0) is 9.84. The summed E-state index contributed by atoms with van der Waals surface area (Å²) in [6.07, 6.45) is 0. The van der Waals surface area contributed by atoms with Crippen LogP contribution in [-0.4, -0.2) is 11.7 Å². The quantitative estimate of drug-likeness (QED) is 0.697. The summed E-state index contributed by atoms with van der Waals surface area (Å²) < 4.78 is 0. The minimum absolute atomic E-state index is 0.182. The van der Waals surface area contributed by atoms with E-state index in [2.05, 4.69) is 13.8 Å². The second-order valence-corrected chi connectivity index (χ2v) is 3.70. The van der Waals surface area contributed by atoms with Gasteiger partial charge in [-0.25, -0.2) is 0 Å². The minimum atomic E-state index is 0.182. The standard InChI is InChI=1S/C11H17NO/c1-8(2)11(7-13)9-4-3-5-10(12)6-9/h3-6,8,11,13H,7,12H2,1-2H3. The van der Waals surface area contributed by atoms with Gasteiger partial charge in [-0.2, -0.15) is 0 Å². The van der Waals surface area contributed by atoms with Crippen LogP contribution in [0.5, 0.6) is 0 Å². The molecule has 0 amide bonds. The van der Waals surface area contributed by atoms with Gasteiger partial charge in [0.05, 0.1) is 6.61 Å². The van der Waals surface area contributed by atoms with E-state index in [9.17, 15) is 5.11 Å². The SMILES string of the molecule is CC(C)C(CO)c1cccc(N)c1. The second kappa shape index (κ2) is 4.28. The number of aliphatic hydroxyl groups is 1. The number of rotatable bonds is 3. The summed E-state index contributed by atoms with van der Waals surface area (Å²) >= 11 is 0. The van der Waals surface area contributed by atoms with E-state index in [-0.39, 0.29) is 12.5 Å². The predicted octanol–water partition coefficient (Wildman–Crippen LogP) is 2.00. The summed E-state index contributed by atoms with van der Waals surface area (Å²) in [6, 6.07) is 7.73. The molecule has 72 valence electrons. The summed E-state index contributed by atoms with van der Waals surface area (Å²) in [7, 11) is 0. The molecule has 2 heteroatoms. The van der Waals surface area contributed by atoms with Gasteiger partial charge in [-0.05, 0) is 23.6 Å². The molecule has 1 rings (SSSR count). The van der Waals surface area contributed by atoms with Crippen molar-refractivity contribution < 1.29 is 5.11 Å². The van der Waals surface area contributed by atoms with Gasteiger partial charge >= 0.3 is 0 Å². The molecule has 0 fully saturated rings. The van der Waals surface area contributed by atoms with Crippen molar-refractivity contribution in [3.05, 3.63) is 29.8 Å². The normalized spacial score (nSPS) is 13.2. The van der Waals surface area contributed by atoms with Crippen LogP contribution in [0.25, 0.3) is 0 Å². The third kappa shape index (κ3) is 2.46. The molecular weight excluding hydrogens is 162 g/mol. The first-order valence-corrected chi connectivity index (χ1v) is 4.61. The summed E-state index contributed by atoms with van der Waals surface area (Å²) in [4.78, 5) is 0. The molecule has 0 heterocycles. The Hall–Kier alpha value is -1.02. The average Bonchev–Trinajstić information content (AvgIpc) is 2.04. The molecule has 1 aromatic carbocycles. The van der Waals surface area contributed by atoms with Crippen molar-refractivity contribution in [2.24, 2.45) is 5.92 Å². The lowest BCUT2D eigenvalue weighted by Crippen LogP contribution is -2.11. The second-order valence-electron chi connectivity index (χ2n) is 3.70. The number of benzene rings is 1. The monoisotopic (exact) mass is 179 g/mol. The highest BCUT2D eigenvalue weighted by Crippen LogP contribution is 2.24. The Morgan fingerprint density at radius 2 is 2.08 bits per heavy atom. The third-order valence-corrected chi connectivity index (χ3v) is 2.34. The Balaban J connectivity index is 2.91. The molecular formula is C11H17NO. The number of nitrogen functional groups attached to an aromatic ring is 1. The van der Waals surface area contributed by atoms with Crippen LogP contribution in [0.15, 0.2) is 24.3 Å². The molecule has 0 aliphatic carbocycles. The number of aliphatic hydroxyl groups excluding tert-OH is 1. The molecule has 0 aliphatic rings. The molecule has 2 nitrogen and oxygen atoms in total. The van der Waals surface area contributed by atoms with Gasteiger partial charge in [-0.3, -0.25) is 0 Å². The first kappa shape index (κ1) is 10.1. The van der Waals surface area contributed by atoms with E-state index < -0.39 is 0 Å². The first-order chi connectivity index (χ1) is 6.15. The molecule has 0 saturated heterocycles. The van der Waals surface area contributed by atoms with E-state index in [1.807, 2.05) is 24.3 Å². The topological polar surface area (TPSA) is 46.2 Å². The van der Waals surface area contributed by atoms with E-state index in [1.54, 1.807) is 0 Å². The molecule has 1 aromatic rings. The lowest BCUT2D eigenvalue weighted by Gasteiger charge is -2.18. The fourth-order valence-corrected chi connectivity index (χ4v) is 1.49. The smallest absolute Gasteiger partial charge is 0.0502 e. The highest BCUT2D eigenvalue weighted by molar-refractivity contribution is 5.41. The van der Waals surface area contributed by atoms with Crippen molar-refractivity contribution in [3.63, 3.8) is 0 Å². The van der Waals surface area contributed by atoms with Crippen LogP contribution in [0.2, 0.25) is 0 Å². The maximum atomic E-state index is 9.20. The van der Waals surface area contributed by atoms with E-state index in [1.165, 1.54) is 0 Å². The van der Waals surface area contributed by atoms with E-state index in [4.69, 9.17) is 5.73 Å². The Kier molecular flexibility index (Phi) is 3.32. The summed E-state index contributed by atoms with van der Waals surface area (Å²) in [5.41, 5.74) is 7.55. The zero-order valence-corrected chi connectivity index (χ0v) is 8.20. The van der Waals surface area contributed by atoms with Gasteiger partial charge in [0.2, 0.25) is 0 Å². The van der Waals surface area contributed by atoms with Gasteiger partial charge in [-0.1, -0.05) is 26.0 Å². The number of anilines is 1. The molecule has 0 aliphatic heterocycles. The van der Waals surface area contributed by atoms with E-state index in [0.717, 1.165) is 11.3 Å². The lowest BCUT2D eigenvalue weighted by atomic mass is 9.89. The molecule has 0 aromatic heterocycles. The number of nitrogens with two attached hydrogens (primary N) is 1. The molecule has 3 N–H and O–H groups in total. The van der Waals surface area contributed by atoms with Crippen molar-refractivity contribution in [1.82, 2.24) is 0 Å². The van der Waals surface area contributed by atoms with E-state index >= 15 is 0 Å². The van der Waals surface area contributed by atoms with Gasteiger partial charge in [0.1, 0.15) is 0 Å². The zero-order valence-electron chi connectivity index (χ0n) is 8.20. The van der Waals surface area contributed by atoms with Gasteiger partial charge in [-0.15, -0.1) is 0 Å². The Bertz CT molecular complexity index is 271. The molecule has 1 unspecified atom stereocenters. The fraction of sp³-hybridized carbons (Fsp3) is 0.455. The Morgan fingerprint density at radius 3 is 2.54 bits per heavy atom. The van der Waals surface area contributed by atoms with Crippen molar-refractivity contribution in [2.75, 3.05) is 12.3 Å². The van der Waals surface area contributed by atoms with Crippen molar-refractivity contribution in [1.29, 1.82) is 0 Å². The molecule has 13 heavy (non-hydrogen) atoms. The minimum Gasteiger partial charge on any atom is -0.399 e. The maximum absolute atomic E-state index is 9.20. The van der Waals surface area contributed by atoms with Gasteiger partial charge < -0.3 is 10.8 Å². The lowest BCUT2D eigenvalue weighted by molar-refractivity contribution is 0.237. The van der Waals surface area contributed by atoms with E-state index in [0.29, 0.717) is 5.92 Å². The van der Waals surface area contributed by atoms with Gasteiger partial charge in [0.15, 0.2) is 0 Å². The van der Waals surface area contributed by atoms with Crippen molar-refractivity contribution in [2.45, 2.75) is 19.8 Å². The molecule has 0 saturated carbocycles. The summed E-state index contributed by atoms with van der Waals surface area (Å²) in [5, 5.41) is 9.20. The summed E-state index contributed by atoms with van der Waals surface area (Å²) in [6.45, 7) is 4.38. The summed E-state index contributed by atoms with van der Waals surface area (Å²) in [5.74, 6) is 0.635. The van der Waals surface area contributed by atoms with Crippen molar-refractivity contribution >= 4 is 5.69 Å². The Labute approximate surface area is 79.4 Å². The molecule has 1 atom stereocenters. The molecule has 0 bridgehead atoms. The third-order valence-electron chi connectivity index (χ3n) is 2.34. The largest absolute Gasteiger partial charge is 0.399 e. The first-order valence-electron chi connectivity index (χ1n) is 4.61. The van der Waals surface area contributed by atoms with Crippen LogP contribution in [0.1, 0.15) is 25.3 Å². The molecule has 0 spiro atoms. The van der Waals surface area contributed by atoms with Crippen LogP contribution >= 0.6 is 0 Å². The number of hydrogen-bond acceptors (Lipinski definition) is 2. The van der Waals surface area contributed by atoms with Crippen LogP contribution in [0.3, 0.4) is 0 Å². The Morgan fingerprint density at radius 1 is 1.38 bits per heavy atom. The highest BCUT2D eigenvalue weighted by Gasteiger charge is 2.14. The average molecular weight is 179 g/mol. The van der Waals surface area contributed by atoms with Gasteiger partial charge in [0, 0.05) is 11.6 Å². The maximum Gasteiger partial charge on any atom is 0.0502 e. The predicted molar refractivity (Wildman–Crippen MR) is 55.5 cm³/mol. The van der Waals surface area contributed by atoms with Crippen LogP contribution in [0.4, 0.5) is 5.69 Å². The van der Waals surface area contributed by atoms with Crippen LogP contribution in [0, 0.1) is 5.92 Å². The fourth-order valence-electron chi connectivity index (χ4n) is 1.49. The van der Waals surface area contributed by atoms with Crippen LogP contribution in [-0.2, 0) is 0 Å².